The lowest BCUT2D eigenvalue weighted by Crippen LogP contribution is -2.34. The van der Waals surface area contributed by atoms with E-state index in [0.717, 1.165) is 36.2 Å². The average molecular weight is 521 g/mol. The number of hydrogen-bond donors (Lipinski definition) is 1. The number of hydrogen-bond acceptors (Lipinski definition) is 6. The molecule has 38 heavy (non-hydrogen) atoms. The van der Waals surface area contributed by atoms with E-state index in [4.69, 9.17) is 14.6 Å². The van der Waals surface area contributed by atoms with Crippen LogP contribution < -0.4 is 10.3 Å². The number of hydroxylamine groups is 1. The second-order valence-electron chi connectivity index (χ2n) is 8.45. The molecular formula is C30H40N4O4. The molecule has 0 spiro atoms. The molecule has 0 radical (unpaired) electrons. The Morgan fingerprint density at radius 1 is 1.18 bits per heavy atom. The Balaban J connectivity index is 0.000000329. The Labute approximate surface area is 226 Å². The maximum Gasteiger partial charge on any atom is 0.239 e. The van der Waals surface area contributed by atoms with Crippen molar-refractivity contribution in [3.05, 3.63) is 71.6 Å². The Kier molecular flexibility index (Phi) is 15.3. The van der Waals surface area contributed by atoms with Crippen LogP contribution in [0.5, 0.6) is 5.75 Å². The second-order valence-corrected chi connectivity index (χ2v) is 8.45. The fourth-order valence-corrected chi connectivity index (χ4v) is 3.63. The highest BCUT2D eigenvalue weighted by Crippen LogP contribution is 2.23. The van der Waals surface area contributed by atoms with Crippen molar-refractivity contribution in [2.45, 2.75) is 73.3 Å². The second kappa shape index (κ2) is 18.2. The fraction of sp³-hybridized carbons (Fsp3) is 0.400. The lowest BCUT2D eigenvalue weighted by Gasteiger charge is -2.20. The van der Waals surface area contributed by atoms with E-state index in [2.05, 4.69) is 37.5 Å². The first kappa shape index (κ1) is 31.9. The van der Waals surface area contributed by atoms with Gasteiger partial charge in [-0.15, -0.1) is 0 Å². The van der Waals surface area contributed by atoms with Gasteiger partial charge in [0.25, 0.3) is 0 Å². The summed E-state index contributed by atoms with van der Waals surface area (Å²) in [5.41, 5.74) is 5.50. The normalized spacial score (nSPS) is 13.3. The standard InChI is InChI=1S/C14H10N2O2.C11H16N2O2.C3H8.C2H6/c15-9-11-2-1-3-13(8-11)12-4-6-14(7-5-12)18-16-10-17;1-8-6-10(15-12-8)7-11(14)13-5-3-4-9(13)2;1-3-2;1-2/h1-8,10H,(H,16,17);6,9H,3-5,7H2,1-2H3;3H2,1-2H3;1-2H3. The van der Waals surface area contributed by atoms with Gasteiger partial charge in [0.15, 0.2) is 5.75 Å². The highest BCUT2D eigenvalue weighted by Gasteiger charge is 2.25. The first-order chi connectivity index (χ1) is 18.4. The summed E-state index contributed by atoms with van der Waals surface area (Å²) in [4.78, 5) is 28.8. The third kappa shape index (κ3) is 10.9. The quantitative estimate of drug-likeness (QED) is 0.304. The SMILES string of the molecule is CC.CCC.Cc1cc(CC(=O)N2CCCC2C)on1.N#Cc1cccc(-c2ccc(ONC=O)cc2)c1. The molecular weight excluding hydrogens is 480 g/mol. The minimum absolute atomic E-state index is 0.149. The van der Waals surface area contributed by atoms with Crippen molar-refractivity contribution in [3.63, 3.8) is 0 Å². The Morgan fingerprint density at radius 3 is 2.39 bits per heavy atom. The number of nitrogens with one attached hydrogen (secondary N) is 1. The van der Waals surface area contributed by atoms with Crippen LogP contribution in [0.4, 0.5) is 0 Å². The predicted octanol–water partition coefficient (Wildman–Crippen LogP) is 6.24. The minimum atomic E-state index is 0.149. The molecule has 1 saturated heterocycles. The van der Waals surface area contributed by atoms with Crippen molar-refractivity contribution in [2.75, 3.05) is 6.54 Å². The minimum Gasteiger partial charge on any atom is -0.380 e. The zero-order chi connectivity index (χ0) is 28.3. The first-order valence-electron chi connectivity index (χ1n) is 13.1. The number of aromatic nitrogens is 1. The number of rotatable bonds is 6. The van der Waals surface area contributed by atoms with Gasteiger partial charge in [-0.2, -0.15) is 10.7 Å². The molecule has 8 heteroatoms. The molecule has 2 amide bonds. The number of amides is 2. The van der Waals surface area contributed by atoms with Gasteiger partial charge in [0.1, 0.15) is 5.76 Å². The predicted molar refractivity (Wildman–Crippen MR) is 149 cm³/mol. The van der Waals surface area contributed by atoms with E-state index in [0.29, 0.717) is 35.9 Å². The van der Waals surface area contributed by atoms with Crippen molar-refractivity contribution in [1.29, 1.82) is 5.26 Å². The molecule has 1 N–H and O–H groups in total. The van der Waals surface area contributed by atoms with Gasteiger partial charge in [-0.05, 0) is 62.1 Å². The molecule has 2 aromatic carbocycles. The molecule has 1 aliphatic rings. The van der Waals surface area contributed by atoms with E-state index < -0.39 is 0 Å². The van der Waals surface area contributed by atoms with Gasteiger partial charge in [-0.3, -0.25) is 9.59 Å². The monoisotopic (exact) mass is 520 g/mol. The van der Waals surface area contributed by atoms with Gasteiger partial charge >= 0.3 is 0 Å². The molecule has 1 atom stereocenters. The van der Waals surface area contributed by atoms with Crippen molar-refractivity contribution >= 4 is 12.3 Å². The van der Waals surface area contributed by atoms with Crippen LogP contribution in [-0.2, 0) is 16.0 Å². The number of aryl methyl sites for hydroxylation is 1. The molecule has 3 aromatic rings. The van der Waals surface area contributed by atoms with E-state index >= 15 is 0 Å². The van der Waals surface area contributed by atoms with Crippen molar-refractivity contribution in [2.24, 2.45) is 0 Å². The summed E-state index contributed by atoms with van der Waals surface area (Å²) in [6, 6.07) is 18.8. The zero-order valence-electron chi connectivity index (χ0n) is 23.4. The van der Waals surface area contributed by atoms with Crippen molar-refractivity contribution in [1.82, 2.24) is 15.5 Å². The summed E-state index contributed by atoms with van der Waals surface area (Å²) in [5, 5.41) is 12.6. The van der Waals surface area contributed by atoms with Gasteiger partial charge in [0.05, 0.1) is 23.7 Å². The largest absolute Gasteiger partial charge is 0.380 e. The third-order valence-electron chi connectivity index (χ3n) is 5.28. The van der Waals surface area contributed by atoms with Gasteiger partial charge in [0.2, 0.25) is 12.3 Å². The first-order valence-corrected chi connectivity index (χ1v) is 13.1. The summed E-state index contributed by atoms with van der Waals surface area (Å²) in [5.74, 6) is 1.36. The number of nitrogens with zero attached hydrogens (tertiary/aromatic N) is 3. The lowest BCUT2D eigenvalue weighted by atomic mass is 10.0. The van der Waals surface area contributed by atoms with E-state index in [1.807, 2.05) is 62.1 Å². The van der Waals surface area contributed by atoms with Crippen LogP contribution in [-0.4, -0.2) is 35.0 Å². The van der Waals surface area contributed by atoms with Crippen molar-refractivity contribution in [3.8, 4) is 22.9 Å². The number of nitriles is 1. The highest BCUT2D eigenvalue weighted by atomic mass is 16.6. The van der Waals surface area contributed by atoms with E-state index in [9.17, 15) is 9.59 Å². The molecule has 0 bridgehead atoms. The number of likely N-dealkylation sites (tertiary alicyclic amines) is 1. The van der Waals surface area contributed by atoms with Gasteiger partial charge in [-0.25, -0.2) is 0 Å². The highest BCUT2D eigenvalue weighted by molar-refractivity contribution is 5.78. The van der Waals surface area contributed by atoms with E-state index in [1.165, 1.54) is 6.42 Å². The summed E-state index contributed by atoms with van der Waals surface area (Å²) < 4.78 is 5.03. The zero-order valence-corrected chi connectivity index (χ0v) is 23.4. The number of benzene rings is 2. The van der Waals surface area contributed by atoms with Crippen LogP contribution in [0.3, 0.4) is 0 Å². The lowest BCUT2D eigenvalue weighted by molar-refractivity contribution is -0.131. The van der Waals surface area contributed by atoms with Crippen LogP contribution in [0.15, 0.2) is 59.1 Å². The molecule has 1 unspecified atom stereocenters. The Hall–Kier alpha value is -4.12. The topological polar surface area (TPSA) is 108 Å². The van der Waals surface area contributed by atoms with E-state index in [1.54, 1.807) is 18.2 Å². The Bertz CT molecular complexity index is 1140. The van der Waals surface area contributed by atoms with Crippen LogP contribution in [0.2, 0.25) is 0 Å². The summed E-state index contributed by atoms with van der Waals surface area (Å²) in [6.45, 7) is 13.1. The molecule has 204 valence electrons. The molecule has 1 aromatic heterocycles. The molecule has 1 fully saturated rings. The molecule has 0 aliphatic carbocycles. The molecule has 2 heterocycles. The third-order valence-corrected chi connectivity index (χ3v) is 5.28. The van der Waals surface area contributed by atoms with Crippen LogP contribution in [0.1, 0.15) is 70.9 Å². The Morgan fingerprint density at radius 2 is 1.87 bits per heavy atom. The maximum atomic E-state index is 11.9. The molecule has 1 aliphatic heterocycles. The average Bonchev–Trinajstić information content (AvgIpc) is 3.57. The smallest absolute Gasteiger partial charge is 0.239 e. The number of carbonyl (C=O) groups excluding carboxylic acids is 2. The molecule has 8 nitrogen and oxygen atoms in total. The van der Waals surface area contributed by atoms with Gasteiger partial charge in [0, 0.05) is 18.7 Å². The van der Waals surface area contributed by atoms with Gasteiger partial charge in [-0.1, -0.05) is 63.5 Å². The molecule has 4 rings (SSSR count). The van der Waals surface area contributed by atoms with E-state index in [-0.39, 0.29) is 5.91 Å². The van der Waals surface area contributed by atoms with Crippen molar-refractivity contribution < 1.29 is 18.9 Å². The summed E-state index contributed by atoms with van der Waals surface area (Å²) in [6.07, 6.45) is 4.28. The van der Waals surface area contributed by atoms with Crippen LogP contribution in [0, 0.1) is 18.3 Å². The summed E-state index contributed by atoms with van der Waals surface area (Å²) >= 11 is 0. The number of carbonyl (C=O) groups is 2. The fourth-order valence-electron chi connectivity index (χ4n) is 3.63. The van der Waals surface area contributed by atoms with Gasteiger partial charge < -0.3 is 14.3 Å². The molecule has 0 saturated carbocycles. The maximum absolute atomic E-state index is 11.9. The summed E-state index contributed by atoms with van der Waals surface area (Å²) in [7, 11) is 0. The van der Waals surface area contributed by atoms with Crippen LogP contribution in [0.25, 0.3) is 11.1 Å². The van der Waals surface area contributed by atoms with Crippen LogP contribution >= 0.6 is 0 Å².